The highest BCUT2D eigenvalue weighted by Gasteiger charge is 2.44. The molecule has 0 bridgehead atoms. The SMILES string of the molecule is O=C(Cc1ccc(Cl)c(Cl)c1)C1(CN2CCCCC2)NCCc2c(O)cccc21. The van der Waals surface area contributed by atoms with E-state index >= 15 is 0 Å². The molecule has 0 aliphatic carbocycles. The lowest BCUT2D eigenvalue weighted by Crippen LogP contribution is -2.60. The van der Waals surface area contributed by atoms with Crippen molar-refractivity contribution in [2.45, 2.75) is 37.6 Å². The summed E-state index contributed by atoms with van der Waals surface area (Å²) in [6.45, 7) is 3.27. The number of rotatable bonds is 5. The number of hydrogen-bond acceptors (Lipinski definition) is 4. The fourth-order valence-corrected chi connectivity index (χ4v) is 4.97. The quantitative estimate of drug-likeness (QED) is 0.737. The van der Waals surface area contributed by atoms with Crippen LogP contribution in [0.15, 0.2) is 36.4 Å². The number of hydrogen-bond donors (Lipinski definition) is 2. The van der Waals surface area contributed by atoms with Crippen molar-refractivity contribution in [2.24, 2.45) is 0 Å². The molecule has 6 heteroatoms. The molecule has 0 amide bonds. The minimum Gasteiger partial charge on any atom is -0.508 e. The number of carbonyl (C=O) groups is 1. The summed E-state index contributed by atoms with van der Waals surface area (Å²) in [5.74, 6) is 0.363. The molecular weight excluding hydrogens is 407 g/mol. The normalized spacial score (nSPS) is 22.3. The zero-order valence-electron chi connectivity index (χ0n) is 16.4. The highest BCUT2D eigenvalue weighted by Crippen LogP contribution is 2.36. The van der Waals surface area contributed by atoms with Gasteiger partial charge in [0.2, 0.25) is 0 Å². The zero-order valence-corrected chi connectivity index (χ0v) is 17.9. The minimum absolute atomic E-state index is 0.0908. The van der Waals surface area contributed by atoms with Crippen LogP contribution in [-0.4, -0.2) is 42.0 Å². The Morgan fingerprint density at radius 3 is 2.66 bits per heavy atom. The molecule has 2 N–H and O–H groups in total. The zero-order chi connectivity index (χ0) is 20.4. The molecule has 0 radical (unpaired) electrons. The summed E-state index contributed by atoms with van der Waals surface area (Å²) < 4.78 is 0. The van der Waals surface area contributed by atoms with Gasteiger partial charge in [0.25, 0.3) is 0 Å². The molecule has 4 nitrogen and oxygen atoms in total. The highest BCUT2D eigenvalue weighted by molar-refractivity contribution is 6.42. The lowest BCUT2D eigenvalue weighted by molar-refractivity contribution is -0.126. The first-order valence-corrected chi connectivity index (χ1v) is 11.0. The summed E-state index contributed by atoms with van der Waals surface area (Å²) in [4.78, 5) is 16.2. The van der Waals surface area contributed by atoms with Crippen LogP contribution in [0.5, 0.6) is 5.75 Å². The van der Waals surface area contributed by atoms with Crippen LogP contribution in [0.25, 0.3) is 0 Å². The smallest absolute Gasteiger partial charge is 0.163 e. The predicted octanol–water partition coefficient (Wildman–Crippen LogP) is 4.34. The molecule has 2 aliphatic heterocycles. The van der Waals surface area contributed by atoms with Crippen LogP contribution in [0.4, 0.5) is 0 Å². The van der Waals surface area contributed by atoms with Crippen molar-refractivity contribution in [3.05, 3.63) is 63.1 Å². The van der Waals surface area contributed by atoms with Crippen molar-refractivity contribution in [1.29, 1.82) is 0 Å². The summed E-state index contributed by atoms with van der Waals surface area (Å²) >= 11 is 12.2. The van der Waals surface area contributed by atoms with Crippen LogP contribution >= 0.6 is 23.2 Å². The van der Waals surface area contributed by atoms with E-state index < -0.39 is 5.54 Å². The number of aromatic hydroxyl groups is 1. The summed E-state index contributed by atoms with van der Waals surface area (Å²) in [6, 6.07) is 10.9. The van der Waals surface area contributed by atoms with Crippen molar-refractivity contribution >= 4 is 29.0 Å². The Bertz CT molecular complexity index is 912. The Morgan fingerprint density at radius 2 is 1.90 bits per heavy atom. The summed E-state index contributed by atoms with van der Waals surface area (Å²) in [7, 11) is 0. The molecule has 2 aliphatic rings. The number of piperidine rings is 1. The van der Waals surface area contributed by atoms with E-state index in [0.29, 0.717) is 29.6 Å². The second-order valence-electron chi connectivity index (χ2n) is 8.07. The molecule has 154 valence electrons. The second kappa shape index (κ2) is 8.65. The third-order valence-electron chi connectivity index (χ3n) is 6.15. The monoisotopic (exact) mass is 432 g/mol. The van der Waals surface area contributed by atoms with E-state index in [4.69, 9.17) is 23.2 Å². The van der Waals surface area contributed by atoms with E-state index in [1.165, 1.54) is 6.42 Å². The number of likely N-dealkylation sites (tertiary alicyclic amines) is 1. The first kappa shape index (κ1) is 20.7. The number of halogens is 2. The van der Waals surface area contributed by atoms with Gasteiger partial charge in [0, 0.05) is 25.1 Å². The van der Waals surface area contributed by atoms with Crippen LogP contribution in [-0.2, 0) is 23.2 Å². The third-order valence-corrected chi connectivity index (χ3v) is 6.89. The van der Waals surface area contributed by atoms with E-state index in [1.54, 1.807) is 18.2 Å². The van der Waals surface area contributed by atoms with E-state index in [-0.39, 0.29) is 18.0 Å². The van der Waals surface area contributed by atoms with Crippen LogP contribution in [0, 0.1) is 0 Å². The van der Waals surface area contributed by atoms with Gasteiger partial charge in [0.15, 0.2) is 5.78 Å². The lowest BCUT2D eigenvalue weighted by Gasteiger charge is -2.43. The first-order valence-electron chi connectivity index (χ1n) is 10.3. The van der Waals surface area contributed by atoms with Gasteiger partial charge in [-0.25, -0.2) is 0 Å². The molecule has 2 heterocycles. The molecule has 2 aromatic carbocycles. The topological polar surface area (TPSA) is 52.6 Å². The number of nitrogens with zero attached hydrogens (tertiary/aromatic N) is 1. The lowest BCUT2D eigenvalue weighted by atomic mass is 9.76. The van der Waals surface area contributed by atoms with Crippen LogP contribution in [0.3, 0.4) is 0 Å². The summed E-state index contributed by atoms with van der Waals surface area (Å²) in [5, 5.41) is 14.9. The van der Waals surface area contributed by atoms with Crippen LogP contribution in [0.2, 0.25) is 10.0 Å². The van der Waals surface area contributed by atoms with Crippen LogP contribution in [0.1, 0.15) is 36.0 Å². The second-order valence-corrected chi connectivity index (χ2v) is 8.88. The standard InChI is InChI=1S/C23H26Cl2N2O2/c24-19-8-7-16(13-20(19)25)14-22(29)23(15-27-11-2-1-3-12-27)18-5-4-6-21(28)17(18)9-10-26-23/h4-8,13,26,28H,1-3,9-12,14-15H2. The Hall–Kier alpha value is -1.59. The van der Waals surface area contributed by atoms with Gasteiger partial charge in [-0.05, 0) is 61.7 Å². The number of nitrogens with one attached hydrogen (secondary N) is 1. The fraction of sp³-hybridized carbons (Fsp3) is 0.435. The molecule has 4 rings (SSSR count). The number of fused-ring (bicyclic) bond motifs is 1. The molecule has 1 unspecified atom stereocenters. The molecule has 2 aromatic rings. The van der Waals surface area contributed by atoms with Gasteiger partial charge in [0.1, 0.15) is 11.3 Å². The number of Topliss-reactive ketones (excluding diaryl/α,β-unsaturated/α-hetero) is 1. The van der Waals surface area contributed by atoms with Gasteiger partial charge < -0.3 is 10.0 Å². The van der Waals surface area contributed by atoms with Crippen molar-refractivity contribution < 1.29 is 9.90 Å². The molecule has 1 fully saturated rings. The first-order chi connectivity index (χ1) is 14.0. The molecule has 1 atom stereocenters. The molecular formula is C23H26Cl2N2O2. The van der Waals surface area contributed by atoms with E-state index in [0.717, 1.165) is 42.6 Å². The molecule has 0 spiro atoms. The minimum atomic E-state index is -0.838. The van der Waals surface area contributed by atoms with Gasteiger partial charge in [-0.3, -0.25) is 10.1 Å². The number of phenolic OH excluding ortho intramolecular Hbond substituents is 1. The average molecular weight is 433 g/mol. The van der Waals surface area contributed by atoms with Gasteiger partial charge in [-0.2, -0.15) is 0 Å². The third kappa shape index (κ3) is 4.17. The van der Waals surface area contributed by atoms with Gasteiger partial charge in [0.05, 0.1) is 10.0 Å². The van der Waals surface area contributed by atoms with Crippen LogP contribution < -0.4 is 5.32 Å². The predicted molar refractivity (Wildman–Crippen MR) is 117 cm³/mol. The Labute approximate surface area is 181 Å². The largest absolute Gasteiger partial charge is 0.508 e. The molecule has 1 saturated heterocycles. The molecule has 0 saturated carbocycles. The van der Waals surface area contributed by atoms with Gasteiger partial charge >= 0.3 is 0 Å². The average Bonchev–Trinajstić information content (AvgIpc) is 2.72. The fourth-order valence-electron chi connectivity index (χ4n) is 4.65. The number of benzene rings is 2. The maximum atomic E-state index is 13.8. The van der Waals surface area contributed by atoms with Gasteiger partial charge in [-0.1, -0.05) is 47.8 Å². The highest BCUT2D eigenvalue weighted by atomic mass is 35.5. The molecule has 29 heavy (non-hydrogen) atoms. The van der Waals surface area contributed by atoms with Crippen molar-refractivity contribution in [2.75, 3.05) is 26.2 Å². The maximum absolute atomic E-state index is 13.8. The van der Waals surface area contributed by atoms with Crippen molar-refractivity contribution in [3.8, 4) is 5.75 Å². The molecule has 0 aromatic heterocycles. The Morgan fingerprint density at radius 1 is 1.10 bits per heavy atom. The van der Waals surface area contributed by atoms with Gasteiger partial charge in [-0.15, -0.1) is 0 Å². The Balaban J connectivity index is 1.72. The maximum Gasteiger partial charge on any atom is 0.163 e. The van der Waals surface area contributed by atoms with E-state index in [2.05, 4.69) is 10.2 Å². The summed E-state index contributed by atoms with van der Waals surface area (Å²) in [5.41, 5.74) is 1.79. The van der Waals surface area contributed by atoms with Crippen molar-refractivity contribution in [3.63, 3.8) is 0 Å². The number of carbonyl (C=O) groups excluding carboxylic acids is 1. The number of phenols is 1. The van der Waals surface area contributed by atoms with E-state index in [1.807, 2.05) is 18.2 Å². The van der Waals surface area contributed by atoms with Crippen molar-refractivity contribution in [1.82, 2.24) is 10.2 Å². The Kier molecular flexibility index (Phi) is 6.16. The summed E-state index contributed by atoms with van der Waals surface area (Å²) in [6.07, 6.45) is 4.52. The van der Waals surface area contributed by atoms with E-state index in [9.17, 15) is 9.90 Å². The number of ketones is 1.